The summed E-state index contributed by atoms with van der Waals surface area (Å²) in [6.07, 6.45) is 20.5. The molecule has 3 rings (SSSR count). The van der Waals surface area contributed by atoms with Gasteiger partial charge in [-0.15, -0.1) is 0 Å². The van der Waals surface area contributed by atoms with Crippen molar-refractivity contribution in [3.63, 3.8) is 0 Å². The Morgan fingerprint density at radius 2 is 1.26 bits per heavy atom. The van der Waals surface area contributed by atoms with Crippen molar-refractivity contribution in [1.29, 1.82) is 0 Å². The second-order valence-corrected chi connectivity index (χ2v) is 10.8. The third-order valence-corrected chi connectivity index (χ3v) is 7.27. The fraction of sp³-hybridized carbons (Fsp3) is 0.543. The lowest BCUT2D eigenvalue weighted by Gasteiger charge is -2.14. The molecular formula is C35H50N2O2. The normalized spacial score (nSPS) is 12.0. The Labute approximate surface area is 237 Å². The third-order valence-electron chi connectivity index (χ3n) is 7.27. The van der Waals surface area contributed by atoms with Gasteiger partial charge in [-0.25, -0.2) is 9.97 Å². The number of ether oxygens (including phenoxy) is 2. The van der Waals surface area contributed by atoms with Gasteiger partial charge in [0.2, 0.25) is 0 Å². The number of hydrogen-bond donors (Lipinski definition) is 0. The van der Waals surface area contributed by atoms with Crippen LogP contribution < -0.4 is 4.74 Å². The van der Waals surface area contributed by atoms with Crippen LogP contribution in [-0.4, -0.2) is 29.3 Å². The second kappa shape index (κ2) is 18.5. The van der Waals surface area contributed by atoms with Gasteiger partial charge < -0.3 is 9.47 Å². The number of hydrogen-bond acceptors (Lipinski definition) is 4. The number of benzene rings is 2. The van der Waals surface area contributed by atoms with Gasteiger partial charge in [-0.1, -0.05) is 127 Å². The molecule has 4 nitrogen and oxygen atoms in total. The van der Waals surface area contributed by atoms with Gasteiger partial charge in [0.05, 0.1) is 18.5 Å². The van der Waals surface area contributed by atoms with E-state index in [1.165, 1.54) is 81.8 Å². The first kappa shape index (κ1) is 30.8. The minimum atomic E-state index is 0.0468. The van der Waals surface area contributed by atoms with Gasteiger partial charge in [-0.3, -0.25) is 0 Å². The Morgan fingerprint density at radius 3 is 1.92 bits per heavy atom. The van der Waals surface area contributed by atoms with Crippen LogP contribution in [0.1, 0.15) is 103 Å². The van der Waals surface area contributed by atoms with Crippen molar-refractivity contribution < 1.29 is 9.47 Å². The number of aromatic nitrogens is 2. The second-order valence-electron chi connectivity index (χ2n) is 10.8. The van der Waals surface area contributed by atoms with E-state index in [1.807, 2.05) is 13.0 Å². The molecule has 0 saturated heterocycles. The zero-order chi connectivity index (χ0) is 27.5. The molecule has 0 aliphatic rings. The largest absolute Gasteiger partial charge is 0.488 e. The summed E-state index contributed by atoms with van der Waals surface area (Å²) >= 11 is 0. The zero-order valence-corrected chi connectivity index (χ0v) is 24.7. The van der Waals surface area contributed by atoms with Gasteiger partial charge >= 0.3 is 0 Å². The standard InChI is InChI=1S/C35H50N2O2/c1-4-6-8-9-10-11-12-13-14-18-30-21-23-31(24-22-30)33-19-15-16-20-34(33)35-36-26-32(27-37-35)39-28-29(3)38-25-17-7-5-2/h15-16,19-24,26-27,29H,4-14,17-18,25,28H2,1-3H3/t29-/m0/s1. The highest BCUT2D eigenvalue weighted by Crippen LogP contribution is 2.30. The predicted molar refractivity (Wildman–Crippen MR) is 164 cm³/mol. The maximum Gasteiger partial charge on any atom is 0.159 e. The summed E-state index contributed by atoms with van der Waals surface area (Å²) in [5, 5.41) is 0. The number of aryl methyl sites for hydroxylation is 1. The lowest BCUT2D eigenvalue weighted by molar-refractivity contribution is 0.0302. The number of nitrogens with zero attached hydrogens (tertiary/aromatic N) is 2. The summed E-state index contributed by atoms with van der Waals surface area (Å²) in [5.41, 5.74) is 4.79. The van der Waals surface area contributed by atoms with E-state index in [0.29, 0.717) is 18.2 Å². The average molecular weight is 531 g/mol. The molecule has 1 aromatic heterocycles. The van der Waals surface area contributed by atoms with E-state index in [0.717, 1.165) is 30.6 Å². The first-order chi connectivity index (χ1) is 19.2. The smallest absolute Gasteiger partial charge is 0.159 e. The maximum atomic E-state index is 5.87. The summed E-state index contributed by atoms with van der Waals surface area (Å²) in [6, 6.07) is 17.4. The molecule has 1 heterocycles. The van der Waals surface area contributed by atoms with Gasteiger partial charge in [0.25, 0.3) is 0 Å². The number of unbranched alkanes of at least 4 members (excludes halogenated alkanes) is 10. The molecule has 0 aliphatic carbocycles. The van der Waals surface area contributed by atoms with Crippen molar-refractivity contribution in [2.75, 3.05) is 13.2 Å². The van der Waals surface area contributed by atoms with Gasteiger partial charge in [0.1, 0.15) is 6.61 Å². The van der Waals surface area contributed by atoms with Crippen molar-refractivity contribution in [3.8, 4) is 28.3 Å². The molecule has 0 fully saturated rings. The Hall–Kier alpha value is -2.72. The van der Waals surface area contributed by atoms with Crippen molar-refractivity contribution >= 4 is 0 Å². The molecule has 0 spiro atoms. The molecule has 39 heavy (non-hydrogen) atoms. The Balaban J connectivity index is 1.48. The molecule has 0 N–H and O–H groups in total. The van der Waals surface area contributed by atoms with Crippen LogP contribution in [0.3, 0.4) is 0 Å². The molecule has 0 aliphatic heterocycles. The van der Waals surface area contributed by atoms with E-state index in [2.05, 4.69) is 66.3 Å². The highest BCUT2D eigenvalue weighted by Gasteiger charge is 2.11. The Kier molecular flexibility index (Phi) is 14.7. The summed E-state index contributed by atoms with van der Waals surface area (Å²) in [6.45, 7) is 7.80. The third kappa shape index (κ3) is 11.5. The van der Waals surface area contributed by atoms with Gasteiger partial charge in [-0.2, -0.15) is 0 Å². The molecule has 1 atom stereocenters. The summed E-state index contributed by atoms with van der Waals surface area (Å²) in [4.78, 5) is 9.25. The van der Waals surface area contributed by atoms with Gasteiger partial charge in [-0.05, 0) is 42.9 Å². The van der Waals surface area contributed by atoms with Crippen LogP contribution >= 0.6 is 0 Å². The highest BCUT2D eigenvalue weighted by molar-refractivity contribution is 5.80. The quantitative estimate of drug-likeness (QED) is 0.136. The fourth-order valence-electron chi connectivity index (χ4n) is 4.85. The topological polar surface area (TPSA) is 44.2 Å². The zero-order valence-electron chi connectivity index (χ0n) is 24.7. The lowest BCUT2D eigenvalue weighted by atomic mass is 9.97. The van der Waals surface area contributed by atoms with Crippen LogP contribution in [0.15, 0.2) is 60.9 Å². The van der Waals surface area contributed by atoms with E-state index >= 15 is 0 Å². The summed E-state index contributed by atoms with van der Waals surface area (Å²) in [7, 11) is 0. The molecule has 0 amide bonds. The maximum absolute atomic E-state index is 5.87. The summed E-state index contributed by atoms with van der Waals surface area (Å²) < 4.78 is 11.7. The minimum Gasteiger partial charge on any atom is -0.488 e. The van der Waals surface area contributed by atoms with E-state index in [9.17, 15) is 0 Å². The van der Waals surface area contributed by atoms with Crippen molar-refractivity contribution in [3.05, 3.63) is 66.5 Å². The SMILES string of the molecule is CCCCCCCCCCCc1ccc(-c2ccccc2-c2ncc(OC[C@H](C)OCCCCC)cn2)cc1. The summed E-state index contributed by atoms with van der Waals surface area (Å²) in [5.74, 6) is 1.38. The van der Waals surface area contributed by atoms with E-state index in [1.54, 1.807) is 12.4 Å². The molecule has 3 aromatic rings. The molecule has 0 radical (unpaired) electrons. The average Bonchev–Trinajstić information content (AvgIpc) is 2.98. The molecule has 0 bridgehead atoms. The highest BCUT2D eigenvalue weighted by atomic mass is 16.5. The van der Waals surface area contributed by atoms with Crippen molar-refractivity contribution in [2.24, 2.45) is 0 Å². The van der Waals surface area contributed by atoms with Crippen LogP contribution in [0.5, 0.6) is 5.75 Å². The van der Waals surface area contributed by atoms with Gasteiger partial charge in [0, 0.05) is 12.2 Å². The Morgan fingerprint density at radius 1 is 0.667 bits per heavy atom. The first-order valence-corrected chi connectivity index (χ1v) is 15.5. The Bertz CT molecular complexity index is 1030. The fourth-order valence-corrected chi connectivity index (χ4v) is 4.85. The van der Waals surface area contributed by atoms with E-state index < -0.39 is 0 Å². The van der Waals surface area contributed by atoms with Crippen molar-refractivity contribution in [2.45, 2.75) is 110 Å². The van der Waals surface area contributed by atoms with Crippen LogP contribution in [-0.2, 0) is 11.2 Å². The number of rotatable bonds is 20. The minimum absolute atomic E-state index is 0.0468. The van der Waals surface area contributed by atoms with E-state index in [4.69, 9.17) is 9.47 Å². The molecule has 4 heteroatoms. The van der Waals surface area contributed by atoms with Crippen LogP contribution in [0.2, 0.25) is 0 Å². The molecule has 0 saturated carbocycles. The molecule has 212 valence electrons. The van der Waals surface area contributed by atoms with Crippen molar-refractivity contribution in [1.82, 2.24) is 9.97 Å². The molecule has 2 aromatic carbocycles. The molecule has 0 unspecified atom stereocenters. The van der Waals surface area contributed by atoms with E-state index in [-0.39, 0.29) is 6.10 Å². The monoisotopic (exact) mass is 530 g/mol. The molecular weight excluding hydrogens is 480 g/mol. The predicted octanol–water partition coefficient (Wildman–Crippen LogP) is 9.86. The lowest BCUT2D eigenvalue weighted by Crippen LogP contribution is -2.18. The first-order valence-electron chi connectivity index (χ1n) is 15.5. The van der Waals surface area contributed by atoms with Crippen LogP contribution in [0.25, 0.3) is 22.5 Å². The van der Waals surface area contributed by atoms with Crippen LogP contribution in [0.4, 0.5) is 0 Å². The van der Waals surface area contributed by atoms with Crippen LogP contribution in [0, 0.1) is 0 Å². The van der Waals surface area contributed by atoms with Gasteiger partial charge in [0.15, 0.2) is 11.6 Å².